The summed E-state index contributed by atoms with van der Waals surface area (Å²) in [4.78, 5) is 5.50. The van der Waals surface area contributed by atoms with Gasteiger partial charge in [0.2, 0.25) is 0 Å². The quantitative estimate of drug-likeness (QED) is 0.791. The number of benzene rings is 1. The molecule has 0 saturated carbocycles. The Hall–Kier alpha value is -1.52. The molecule has 1 N–H and O–H groups in total. The van der Waals surface area contributed by atoms with Crippen LogP contribution in [0, 0.1) is 0 Å². The van der Waals surface area contributed by atoms with Gasteiger partial charge in [-0.3, -0.25) is 4.98 Å². The van der Waals surface area contributed by atoms with E-state index >= 15 is 0 Å². The molecule has 0 saturated heterocycles. The van der Waals surface area contributed by atoms with Gasteiger partial charge in [-0.2, -0.15) is 0 Å². The van der Waals surface area contributed by atoms with Gasteiger partial charge in [-0.15, -0.1) is 11.8 Å². The van der Waals surface area contributed by atoms with E-state index in [1.807, 2.05) is 18.3 Å². The minimum Gasteiger partial charge on any atom is -0.496 e. The van der Waals surface area contributed by atoms with Crippen LogP contribution in [0.3, 0.4) is 0 Å². The van der Waals surface area contributed by atoms with E-state index in [0.717, 1.165) is 24.4 Å². The van der Waals surface area contributed by atoms with Crippen molar-refractivity contribution in [1.82, 2.24) is 10.3 Å². The van der Waals surface area contributed by atoms with Crippen molar-refractivity contribution in [2.45, 2.75) is 24.3 Å². The molecule has 2 aromatic rings. The van der Waals surface area contributed by atoms with E-state index in [4.69, 9.17) is 4.74 Å². The lowest BCUT2D eigenvalue weighted by atomic mass is 10.1. The van der Waals surface area contributed by atoms with Gasteiger partial charge in [-0.1, -0.05) is 12.1 Å². The monoisotopic (exact) mass is 302 g/mol. The fourth-order valence-electron chi connectivity index (χ4n) is 2.20. The Morgan fingerprint density at radius 3 is 2.81 bits per heavy atom. The van der Waals surface area contributed by atoms with Gasteiger partial charge in [0, 0.05) is 35.8 Å². The van der Waals surface area contributed by atoms with Gasteiger partial charge in [0.05, 0.1) is 7.11 Å². The molecular weight excluding hydrogens is 280 g/mol. The first kappa shape index (κ1) is 15.9. The third-order valence-electron chi connectivity index (χ3n) is 3.47. The predicted octanol–water partition coefficient (Wildman–Crippen LogP) is 3.71. The average Bonchev–Trinajstić information content (AvgIpc) is 2.55. The van der Waals surface area contributed by atoms with Crippen LogP contribution in [-0.2, 0) is 6.42 Å². The zero-order chi connectivity index (χ0) is 15.1. The number of nitrogens with one attached hydrogen (secondary N) is 1. The zero-order valence-electron chi connectivity index (χ0n) is 12.8. The Balaban J connectivity index is 1.92. The van der Waals surface area contributed by atoms with Crippen LogP contribution in [0.5, 0.6) is 5.75 Å². The molecule has 1 atom stereocenters. The van der Waals surface area contributed by atoms with Crippen LogP contribution in [0.1, 0.15) is 24.2 Å². The molecule has 0 aliphatic rings. The highest BCUT2D eigenvalue weighted by atomic mass is 32.2. The summed E-state index contributed by atoms with van der Waals surface area (Å²) in [6, 6.07) is 12.7. The summed E-state index contributed by atoms with van der Waals surface area (Å²) in [6.07, 6.45) is 4.84. The first-order valence-corrected chi connectivity index (χ1v) is 8.32. The fraction of sp³-hybridized carbons (Fsp3) is 0.353. The summed E-state index contributed by atoms with van der Waals surface area (Å²) < 4.78 is 5.44. The first-order chi connectivity index (χ1) is 10.2. The molecule has 0 aliphatic carbocycles. The lowest BCUT2D eigenvalue weighted by Crippen LogP contribution is -2.21. The second kappa shape index (κ2) is 8.05. The molecule has 2 rings (SSSR count). The van der Waals surface area contributed by atoms with Gasteiger partial charge in [0.15, 0.2) is 0 Å². The topological polar surface area (TPSA) is 34.1 Å². The molecule has 4 heteroatoms. The molecule has 3 nitrogen and oxygen atoms in total. The number of nitrogens with zero attached hydrogens (tertiary/aromatic N) is 1. The third-order valence-corrected chi connectivity index (χ3v) is 4.24. The number of rotatable bonds is 7. The van der Waals surface area contributed by atoms with Crippen LogP contribution >= 0.6 is 11.8 Å². The summed E-state index contributed by atoms with van der Waals surface area (Å²) in [5.74, 6) is 0.943. The SMILES string of the molecule is COc1cc([C@@H](C)NCCc2ccccn2)ccc1SC. The second-order valence-corrected chi connectivity index (χ2v) is 5.71. The Kier molecular flexibility index (Phi) is 6.08. The lowest BCUT2D eigenvalue weighted by molar-refractivity contribution is 0.403. The van der Waals surface area contributed by atoms with Crippen molar-refractivity contribution in [3.8, 4) is 5.75 Å². The molecule has 21 heavy (non-hydrogen) atoms. The Morgan fingerprint density at radius 2 is 2.14 bits per heavy atom. The van der Waals surface area contributed by atoms with Crippen LogP contribution < -0.4 is 10.1 Å². The van der Waals surface area contributed by atoms with E-state index in [9.17, 15) is 0 Å². The van der Waals surface area contributed by atoms with Crippen molar-refractivity contribution >= 4 is 11.8 Å². The highest BCUT2D eigenvalue weighted by Gasteiger charge is 2.09. The van der Waals surface area contributed by atoms with Crippen LogP contribution in [0.4, 0.5) is 0 Å². The van der Waals surface area contributed by atoms with E-state index in [1.54, 1.807) is 18.9 Å². The minimum atomic E-state index is 0.290. The van der Waals surface area contributed by atoms with E-state index in [0.29, 0.717) is 6.04 Å². The van der Waals surface area contributed by atoms with Gasteiger partial charge in [0.1, 0.15) is 5.75 Å². The van der Waals surface area contributed by atoms with Crippen LogP contribution in [0.15, 0.2) is 47.5 Å². The van der Waals surface area contributed by atoms with Gasteiger partial charge >= 0.3 is 0 Å². The molecule has 0 fully saturated rings. The molecule has 112 valence electrons. The summed E-state index contributed by atoms with van der Waals surface area (Å²) in [5.41, 5.74) is 2.36. The number of ether oxygens (including phenoxy) is 1. The molecule has 1 aromatic carbocycles. The molecule has 0 radical (unpaired) electrons. The van der Waals surface area contributed by atoms with Crippen molar-refractivity contribution in [3.63, 3.8) is 0 Å². The summed E-state index contributed by atoms with van der Waals surface area (Å²) in [6.45, 7) is 3.08. The number of methoxy groups -OCH3 is 1. The summed E-state index contributed by atoms with van der Waals surface area (Å²) >= 11 is 1.70. The average molecular weight is 302 g/mol. The number of aromatic nitrogens is 1. The maximum Gasteiger partial charge on any atom is 0.132 e. The van der Waals surface area contributed by atoms with E-state index in [1.165, 1.54) is 10.5 Å². The smallest absolute Gasteiger partial charge is 0.132 e. The molecule has 0 bridgehead atoms. The maximum absolute atomic E-state index is 5.44. The summed E-state index contributed by atoms with van der Waals surface area (Å²) in [5, 5.41) is 3.53. The van der Waals surface area contributed by atoms with Crippen molar-refractivity contribution in [1.29, 1.82) is 0 Å². The van der Waals surface area contributed by atoms with Crippen molar-refractivity contribution in [2.24, 2.45) is 0 Å². The van der Waals surface area contributed by atoms with Crippen molar-refractivity contribution in [3.05, 3.63) is 53.9 Å². The number of thioether (sulfide) groups is 1. The number of hydrogen-bond acceptors (Lipinski definition) is 4. The van der Waals surface area contributed by atoms with E-state index in [2.05, 4.69) is 47.7 Å². The van der Waals surface area contributed by atoms with Gasteiger partial charge in [-0.05, 0) is 43.0 Å². The van der Waals surface area contributed by atoms with Gasteiger partial charge in [-0.25, -0.2) is 0 Å². The van der Waals surface area contributed by atoms with E-state index in [-0.39, 0.29) is 0 Å². The highest BCUT2D eigenvalue weighted by Crippen LogP contribution is 2.30. The number of hydrogen-bond donors (Lipinski definition) is 1. The van der Waals surface area contributed by atoms with Crippen LogP contribution in [0.2, 0.25) is 0 Å². The van der Waals surface area contributed by atoms with Crippen molar-refractivity contribution in [2.75, 3.05) is 19.9 Å². The highest BCUT2D eigenvalue weighted by molar-refractivity contribution is 7.98. The van der Waals surface area contributed by atoms with Crippen molar-refractivity contribution < 1.29 is 4.74 Å². The Bertz CT molecular complexity index is 560. The first-order valence-electron chi connectivity index (χ1n) is 7.10. The van der Waals surface area contributed by atoms with E-state index < -0.39 is 0 Å². The largest absolute Gasteiger partial charge is 0.496 e. The van der Waals surface area contributed by atoms with Gasteiger partial charge < -0.3 is 10.1 Å². The normalized spacial score (nSPS) is 12.1. The predicted molar refractivity (Wildman–Crippen MR) is 89.1 cm³/mol. The molecular formula is C17H22N2OS. The van der Waals surface area contributed by atoms with Crippen LogP contribution in [0.25, 0.3) is 0 Å². The Morgan fingerprint density at radius 1 is 1.29 bits per heavy atom. The molecule has 1 heterocycles. The minimum absolute atomic E-state index is 0.290. The third kappa shape index (κ3) is 4.48. The fourth-order valence-corrected chi connectivity index (χ4v) is 2.75. The standard InChI is InChI=1S/C17H22N2OS/c1-13(18-11-9-15-6-4-5-10-19-15)14-7-8-17(21-3)16(12-14)20-2/h4-8,10,12-13,18H,9,11H2,1-3H3/t13-/m1/s1. The second-order valence-electron chi connectivity index (χ2n) is 4.86. The zero-order valence-corrected chi connectivity index (χ0v) is 13.6. The number of pyridine rings is 1. The summed E-state index contributed by atoms with van der Waals surface area (Å²) in [7, 11) is 1.72. The lowest BCUT2D eigenvalue weighted by Gasteiger charge is -2.16. The van der Waals surface area contributed by atoms with Crippen LogP contribution in [-0.4, -0.2) is 24.9 Å². The molecule has 0 spiro atoms. The molecule has 0 unspecified atom stereocenters. The Labute approximate surface area is 131 Å². The molecule has 1 aromatic heterocycles. The molecule has 0 aliphatic heterocycles. The maximum atomic E-state index is 5.44. The molecule has 0 amide bonds. The van der Waals surface area contributed by atoms with Gasteiger partial charge in [0.25, 0.3) is 0 Å².